The molecule has 78 valence electrons. The van der Waals surface area contributed by atoms with Crippen LogP contribution in [0, 0.1) is 5.82 Å². The zero-order chi connectivity index (χ0) is 10.7. The van der Waals surface area contributed by atoms with E-state index in [-0.39, 0.29) is 12.1 Å². The number of halogens is 1. The van der Waals surface area contributed by atoms with E-state index >= 15 is 0 Å². The van der Waals surface area contributed by atoms with Gasteiger partial charge >= 0.3 is 0 Å². The predicted octanol–water partition coefficient (Wildman–Crippen LogP) is 0.490. The molecule has 1 rings (SSSR count). The van der Waals surface area contributed by atoms with E-state index in [1.807, 2.05) is 0 Å². The second-order valence-corrected chi connectivity index (χ2v) is 2.94. The van der Waals surface area contributed by atoms with Gasteiger partial charge in [-0.05, 0) is 24.7 Å². The molecule has 0 saturated carbocycles. The van der Waals surface area contributed by atoms with Crippen LogP contribution in [-0.4, -0.2) is 28.9 Å². The van der Waals surface area contributed by atoms with Crippen molar-refractivity contribution >= 4 is 0 Å². The first-order chi connectivity index (χ1) is 6.56. The standard InChI is InChI=1S/C9H12FNO3/c1-11-4-8(13)5-2-6(10)9(14)7(12)3-5/h2-3,8,11-14H,4H2,1H3/t8-/m0/s1. The van der Waals surface area contributed by atoms with Crippen molar-refractivity contribution < 1.29 is 19.7 Å². The quantitative estimate of drug-likeness (QED) is 0.537. The molecule has 0 aliphatic heterocycles. The molecule has 0 radical (unpaired) electrons. The monoisotopic (exact) mass is 201 g/mol. The van der Waals surface area contributed by atoms with E-state index < -0.39 is 23.4 Å². The minimum absolute atomic E-state index is 0.215. The number of aliphatic hydroxyl groups excluding tert-OH is 1. The Hall–Kier alpha value is -1.33. The number of aromatic hydroxyl groups is 2. The summed E-state index contributed by atoms with van der Waals surface area (Å²) < 4.78 is 12.9. The van der Waals surface area contributed by atoms with Gasteiger partial charge in [0, 0.05) is 6.54 Å². The molecule has 0 aromatic heterocycles. The van der Waals surface area contributed by atoms with Gasteiger partial charge in [-0.25, -0.2) is 4.39 Å². The third-order valence-electron chi connectivity index (χ3n) is 1.85. The second kappa shape index (κ2) is 4.26. The molecule has 5 heteroatoms. The van der Waals surface area contributed by atoms with Gasteiger partial charge < -0.3 is 20.6 Å². The summed E-state index contributed by atoms with van der Waals surface area (Å²) in [5, 5.41) is 30.1. The Bertz CT molecular complexity index is 307. The maximum Gasteiger partial charge on any atom is 0.194 e. The summed E-state index contributed by atoms with van der Waals surface area (Å²) in [6.07, 6.45) is -0.916. The van der Waals surface area contributed by atoms with Gasteiger partial charge in [0.15, 0.2) is 17.3 Å². The Kier molecular flexibility index (Phi) is 3.27. The summed E-state index contributed by atoms with van der Waals surface area (Å²) in [4.78, 5) is 0. The van der Waals surface area contributed by atoms with Crippen LogP contribution in [0.25, 0.3) is 0 Å². The highest BCUT2D eigenvalue weighted by Crippen LogP contribution is 2.30. The molecule has 0 amide bonds. The van der Waals surface area contributed by atoms with Gasteiger partial charge in [-0.15, -0.1) is 0 Å². The lowest BCUT2D eigenvalue weighted by Gasteiger charge is -2.11. The minimum Gasteiger partial charge on any atom is -0.504 e. The molecule has 0 spiro atoms. The van der Waals surface area contributed by atoms with Gasteiger partial charge in [0.05, 0.1) is 6.10 Å². The van der Waals surface area contributed by atoms with E-state index in [1.54, 1.807) is 7.05 Å². The second-order valence-electron chi connectivity index (χ2n) is 2.94. The fraction of sp³-hybridized carbons (Fsp3) is 0.333. The summed E-state index contributed by atoms with van der Waals surface area (Å²) in [5.74, 6) is -2.32. The van der Waals surface area contributed by atoms with Crippen LogP contribution in [0.3, 0.4) is 0 Å². The van der Waals surface area contributed by atoms with Crippen LogP contribution in [0.5, 0.6) is 11.5 Å². The molecule has 14 heavy (non-hydrogen) atoms. The van der Waals surface area contributed by atoms with Gasteiger partial charge in [0.25, 0.3) is 0 Å². The number of rotatable bonds is 3. The van der Waals surface area contributed by atoms with E-state index in [0.29, 0.717) is 0 Å². The van der Waals surface area contributed by atoms with Gasteiger partial charge in [-0.1, -0.05) is 0 Å². The van der Waals surface area contributed by atoms with Crippen LogP contribution in [-0.2, 0) is 0 Å². The number of aliphatic hydroxyl groups is 1. The maximum atomic E-state index is 12.9. The number of benzene rings is 1. The SMILES string of the molecule is CNC[C@H](O)c1cc(O)c(O)c(F)c1. The molecule has 0 unspecified atom stereocenters. The Balaban J connectivity index is 3.00. The number of phenolic OH excluding ortho intramolecular Hbond substituents is 2. The average molecular weight is 201 g/mol. The molecule has 0 saturated heterocycles. The summed E-state index contributed by atoms with van der Waals surface area (Å²) in [6.45, 7) is 0.240. The lowest BCUT2D eigenvalue weighted by atomic mass is 10.1. The van der Waals surface area contributed by atoms with Gasteiger partial charge in [-0.3, -0.25) is 0 Å². The number of nitrogens with one attached hydrogen (secondary N) is 1. The number of likely N-dealkylation sites (N-methyl/N-ethyl adjacent to an activating group) is 1. The molecular weight excluding hydrogens is 189 g/mol. The largest absolute Gasteiger partial charge is 0.504 e. The molecular formula is C9H12FNO3. The van der Waals surface area contributed by atoms with Crippen molar-refractivity contribution in [3.8, 4) is 11.5 Å². The summed E-state index contributed by atoms with van der Waals surface area (Å²) in [6, 6.07) is 2.11. The zero-order valence-electron chi connectivity index (χ0n) is 7.66. The van der Waals surface area contributed by atoms with Crippen molar-refractivity contribution in [1.82, 2.24) is 5.32 Å². The Labute approximate surface area is 80.6 Å². The van der Waals surface area contributed by atoms with Crippen molar-refractivity contribution in [1.29, 1.82) is 0 Å². The number of phenols is 2. The van der Waals surface area contributed by atoms with E-state index in [2.05, 4.69) is 5.32 Å². The van der Waals surface area contributed by atoms with Crippen LogP contribution >= 0.6 is 0 Å². The summed E-state index contributed by atoms with van der Waals surface area (Å²) in [7, 11) is 1.64. The third-order valence-corrected chi connectivity index (χ3v) is 1.85. The van der Waals surface area contributed by atoms with E-state index in [0.717, 1.165) is 12.1 Å². The van der Waals surface area contributed by atoms with Gasteiger partial charge in [-0.2, -0.15) is 0 Å². The molecule has 4 nitrogen and oxygen atoms in total. The van der Waals surface area contributed by atoms with Crippen molar-refractivity contribution in [2.24, 2.45) is 0 Å². The number of hydrogen-bond donors (Lipinski definition) is 4. The molecule has 0 aliphatic rings. The summed E-state index contributed by atoms with van der Waals surface area (Å²) in [5.41, 5.74) is 0.215. The lowest BCUT2D eigenvalue weighted by molar-refractivity contribution is 0.176. The molecule has 4 N–H and O–H groups in total. The Morgan fingerprint density at radius 3 is 2.57 bits per heavy atom. The van der Waals surface area contributed by atoms with Crippen molar-refractivity contribution in [2.45, 2.75) is 6.10 Å². The van der Waals surface area contributed by atoms with Crippen molar-refractivity contribution in [3.63, 3.8) is 0 Å². The third kappa shape index (κ3) is 2.12. The minimum atomic E-state index is -0.949. The van der Waals surface area contributed by atoms with Crippen molar-refractivity contribution in [3.05, 3.63) is 23.5 Å². The molecule has 0 bridgehead atoms. The summed E-state index contributed by atoms with van der Waals surface area (Å²) >= 11 is 0. The van der Waals surface area contributed by atoms with Crippen LogP contribution in [0.15, 0.2) is 12.1 Å². The number of hydrogen-bond acceptors (Lipinski definition) is 4. The Morgan fingerprint density at radius 1 is 1.43 bits per heavy atom. The molecule has 1 aromatic carbocycles. The van der Waals surface area contributed by atoms with Gasteiger partial charge in [0.2, 0.25) is 0 Å². The molecule has 1 atom stereocenters. The zero-order valence-corrected chi connectivity index (χ0v) is 7.66. The first-order valence-corrected chi connectivity index (χ1v) is 4.10. The first-order valence-electron chi connectivity index (χ1n) is 4.10. The van der Waals surface area contributed by atoms with Gasteiger partial charge in [0.1, 0.15) is 0 Å². The van der Waals surface area contributed by atoms with Crippen LogP contribution in [0.2, 0.25) is 0 Å². The highest BCUT2D eigenvalue weighted by molar-refractivity contribution is 5.42. The fourth-order valence-electron chi connectivity index (χ4n) is 1.11. The predicted molar refractivity (Wildman–Crippen MR) is 48.6 cm³/mol. The smallest absolute Gasteiger partial charge is 0.194 e. The highest BCUT2D eigenvalue weighted by atomic mass is 19.1. The van der Waals surface area contributed by atoms with E-state index in [9.17, 15) is 9.50 Å². The highest BCUT2D eigenvalue weighted by Gasteiger charge is 2.13. The molecule has 1 aromatic rings. The van der Waals surface area contributed by atoms with E-state index in [1.165, 1.54) is 0 Å². The normalized spacial score (nSPS) is 12.8. The van der Waals surface area contributed by atoms with E-state index in [4.69, 9.17) is 10.2 Å². The first kappa shape index (κ1) is 10.7. The lowest BCUT2D eigenvalue weighted by Crippen LogP contribution is -2.16. The fourth-order valence-corrected chi connectivity index (χ4v) is 1.11. The topological polar surface area (TPSA) is 72.7 Å². The Morgan fingerprint density at radius 2 is 2.07 bits per heavy atom. The molecule has 0 aliphatic carbocycles. The maximum absolute atomic E-state index is 12.9. The average Bonchev–Trinajstić information content (AvgIpc) is 2.13. The van der Waals surface area contributed by atoms with Crippen molar-refractivity contribution in [2.75, 3.05) is 13.6 Å². The molecule has 0 fully saturated rings. The molecule has 0 heterocycles. The van der Waals surface area contributed by atoms with Crippen LogP contribution in [0.4, 0.5) is 4.39 Å². The van der Waals surface area contributed by atoms with Crippen LogP contribution < -0.4 is 5.32 Å². The van der Waals surface area contributed by atoms with Crippen LogP contribution in [0.1, 0.15) is 11.7 Å².